The fourth-order valence-corrected chi connectivity index (χ4v) is 2.74. The molecule has 5 heteroatoms. The summed E-state index contributed by atoms with van der Waals surface area (Å²) in [5.74, 6) is 0.618. The van der Waals surface area contributed by atoms with Gasteiger partial charge in [0, 0.05) is 6.07 Å². The average molecular weight is 306 g/mol. The molecule has 0 saturated heterocycles. The summed E-state index contributed by atoms with van der Waals surface area (Å²) in [7, 11) is 0. The molecule has 0 spiro atoms. The number of H-pyrrole nitrogens is 1. The minimum absolute atomic E-state index is 0.139. The molecule has 2 heterocycles. The summed E-state index contributed by atoms with van der Waals surface area (Å²) in [6.07, 6.45) is 2.02. The van der Waals surface area contributed by atoms with Gasteiger partial charge in [-0.25, -0.2) is 4.98 Å². The Hall–Kier alpha value is -3.08. The van der Waals surface area contributed by atoms with Crippen molar-refractivity contribution in [3.8, 4) is 17.1 Å². The van der Waals surface area contributed by atoms with Gasteiger partial charge >= 0.3 is 0 Å². The van der Waals surface area contributed by atoms with Crippen LogP contribution in [0.15, 0.2) is 51.9 Å². The number of benzene rings is 2. The lowest BCUT2D eigenvalue weighted by Crippen LogP contribution is -2.06. The largest absolute Gasteiger partial charge is 0.508 e. The second-order valence-electron chi connectivity index (χ2n) is 5.41. The Bertz CT molecular complexity index is 1060. The number of para-hydroxylation sites is 2. The molecule has 2 N–H and O–H groups in total. The highest BCUT2D eigenvalue weighted by Crippen LogP contribution is 2.26. The molecule has 2 aromatic heterocycles. The zero-order valence-electron chi connectivity index (χ0n) is 12.5. The average Bonchev–Trinajstić information content (AvgIpc) is 2.98. The van der Waals surface area contributed by atoms with E-state index < -0.39 is 0 Å². The summed E-state index contributed by atoms with van der Waals surface area (Å²) in [4.78, 5) is 20.4. The van der Waals surface area contributed by atoms with Crippen LogP contribution in [0.25, 0.3) is 33.4 Å². The van der Waals surface area contributed by atoms with Crippen LogP contribution in [-0.4, -0.2) is 15.1 Å². The highest BCUT2D eigenvalue weighted by atomic mass is 16.3. The van der Waals surface area contributed by atoms with Gasteiger partial charge in [-0.15, -0.1) is 0 Å². The molecule has 0 atom stereocenters. The summed E-state index contributed by atoms with van der Waals surface area (Å²) in [5, 5.41) is 10.3. The normalized spacial score (nSPS) is 11.3. The third-order valence-corrected chi connectivity index (χ3v) is 4.00. The molecule has 4 rings (SSSR count). The van der Waals surface area contributed by atoms with Crippen molar-refractivity contribution in [2.24, 2.45) is 0 Å². The van der Waals surface area contributed by atoms with Crippen molar-refractivity contribution in [3.63, 3.8) is 0 Å². The molecule has 0 aliphatic carbocycles. The first-order valence-corrected chi connectivity index (χ1v) is 7.40. The first kappa shape index (κ1) is 13.6. The van der Waals surface area contributed by atoms with E-state index in [-0.39, 0.29) is 11.2 Å². The van der Waals surface area contributed by atoms with E-state index in [9.17, 15) is 9.90 Å². The van der Waals surface area contributed by atoms with E-state index in [1.807, 2.05) is 31.2 Å². The van der Waals surface area contributed by atoms with Gasteiger partial charge in [0.15, 0.2) is 0 Å². The van der Waals surface area contributed by atoms with Gasteiger partial charge in [0.2, 0.25) is 5.43 Å². The van der Waals surface area contributed by atoms with Gasteiger partial charge in [0.1, 0.15) is 29.0 Å². The number of aromatic hydroxyl groups is 1. The smallest absolute Gasteiger partial charge is 0.203 e. The maximum Gasteiger partial charge on any atom is 0.203 e. The third-order valence-electron chi connectivity index (χ3n) is 4.00. The summed E-state index contributed by atoms with van der Waals surface area (Å²) in [6, 6.07) is 10.8. The quantitative estimate of drug-likeness (QED) is 0.593. The monoisotopic (exact) mass is 306 g/mol. The number of nitrogens with zero attached hydrogens (tertiary/aromatic N) is 1. The second kappa shape index (κ2) is 4.98. The van der Waals surface area contributed by atoms with Crippen LogP contribution in [0.3, 0.4) is 0 Å². The Kier molecular flexibility index (Phi) is 2.94. The molecule has 0 bridgehead atoms. The van der Waals surface area contributed by atoms with Crippen molar-refractivity contribution in [2.75, 3.05) is 0 Å². The van der Waals surface area contributed by atoms with Crippen molar-refractivity contribution >= 4 is 22.0 Å². The Morgan fingerprint density at radius 1 is 1.26 bits per heavy atom. The predicted octanol–water partition coefficient (Wildman–Crippen LogP) is 3.60. The third kappa shape index (κ3) is 2.09. The lowest BCUT2D eigenvalue weighted by Gasteiger charge is -2.04. The molecule has 0 fully saturated rings. The topological polar surface area (TPSA) is 79.1 Å². The van der Waals surface area contributed by atoms with E-state index in [4.69, 9.17) is 4.42 Å². The number of aryl methyl sites for hydroxylation is 1. The van der Waals surface area contributed by atoms with Gasteiger partial charge in [-0.2, -0.15) is 0 Å². The van der Waals surface area contributed by atoms with Gasteiger partial charge in [-0.1, -0.05) is 19.1 Å². The fraction of sp³-hybridized carbons (Fsp3) is 0.111. The molecule has 4 aromatic rings. The highest BCUT2D eigenvalue weighted by molar-refractivity contribution is 5.84. The van der Waals surface area contributed by atoms with Crippen LogP contribution in [-0.2, 0) is 6.42 Å². The predicted molar refractivity (Wildman–Crippen MR) is 88.6 cm³/mol. The van der Waals surface area contributed by atoms with Crippen LogP contribution in [0, 0.1) is 0 Å². The Morgan fingerprint density at radius 3 is 2.87 bits per heavy atom. The van der Waals surface area contributed by atoms with Crippen molar-refractivity contribution in [1.82, 2.24) is 9.97 Å². The summed E-state index contributed by atoms with van der Waals surface area (Å²) in [5.41, 5.74) is 2.95. The summed E-state index contributed by atoms with van der Waals surface area (Å²) in [6.45, 7) is 1.92. The van der Waals surface area contributed by atoms with Crippen molar-refractivity contribution in [3.05, 3.63) is 58.4 Å². The van der Waals surface area contributed by atoms with E-state index in [2.05, 4.69) is 9.97 Å². The van der Waals surface area contributed by atoms with E-state index in [1.165, 1.54) is 12.3 Å². The van der Waals surface area contributed by atoms with E-state index >= 15 is 0 Å². The number of imidazole rings is 1. The fourth-order valence-electron chi connectivity index (χ4n) is 2.74. The van der Waals surface area contributed by atoms with Crippen LogP contribution < -0.4 is 5.43 Å². The number of hydrogen-bond donors (Lipinski definition) is 2. The van der Waals surface area contributed by atoms with Crippen LogP contribution in [0.4, 0.5) is 0 Å². The Labute approximate surface area is 131 Å². The van der Waals surface area contributed by atoms with Crippen LogP contribution >= 0.6 is 0 Å². The van der Waals surface area contributed by atoms with Crippen molar-refractivity contribution in [2.45, 2.75) is 13.3 Å². The maximum absolute atomic E-state index is 12.8. The number of phenolic OH excluding ortho intramolecular Hbond substituents is 1. The maximum atomic E-state index is 12.8. The first-order valence-electron chi connectivity index (χ1n) is 7.40. The molecule has 2 aromatic carbocycles. The molecule has 0 aliphatic heterocycles. The van der Waals surface area contributed by atoms with Crippen LogP contribution in [0.2, 0.25) is 0 Å². The number of phenols is 1. The van der Waals surface area contributed by atoms with Crippen LogP contribution in [0.1, 0.15) is 12.5 Å². The Balaban J connectivity index is 1.98. The molecule has 0 saturated carbocycles. The SMILES string of the molecule is CCc1cc2c(=O)c(-c3nc4ccccc4[nH]3)coc2cc1O. The van der Waals surface area contributed by atoms with E-state index in [0.29, 0.717) is 34.3 Å². The standard InChI is InChI=1S/C18H14N2O3/c1-2-10-7-11-16(8-15(10)21)23-9-12(17(11)22)18-19-13-5-3-4-6-14(13)20-18/h3-9,21H,2H2,1H3,(H,19,20). The number of hydrogen-bond acceptors (Lipinski definition) is 4. The van der Waals surface area contributed by atoms with Gasteiger partial charge in [-0.05, 0) is 30.2 Å². The minimum Gasteiger partial charge on any atom is -0.508 e. The van der Waals surface area contributed by atoms with E-state index in [1.54, 1.807) is 6.07 Å². The number of fused-ring (bicyclic) bond motifs is 2. The first-order chi connectivity index (χ1) is 11.2. The number of rotatable bonds is 2. The number of aromatic amines is 1. The molecule has 0 amide bonds. The lowest BCUT2D eigenvalue weighted by atomic mass is 10.1. The van der Waals surface area contributed by atoms with Gasteiger partial charge in [0.25, 0.3) is 0 Å². The number of aromatic nitrogens is 2. The molecule has 0 radical (unpaired) electrons. The van der Waals surface area contributed by atoms with Gasteiger partial charge < -0.3 is 14.5 Å². The molecule has 23 heavy (non-hydrogen) atoms. The van der Waals surface area contributed by atoms with Gasteiger partial charge in [0.05, 0.1) is 16.4 Å². The van der Waals surface area contributed by atoms with Crippen molar-refractivity contribution in [1.29, 1.82) is 0 Å². The van der Waals surface area contributed by atoms with Crippen molar-refractivity contribution < 1.29 is 9.52 Å². The molecular formula is C18H14N2O3. The lowest BCUT2D eigenvalue weighted by molar-refractivity contribution is 0.467. The number of nitrogens with one attached hydrogen (secondary N) is 1. The molecule has 0 aliphatic rings. The molecular weight excluding hydrogens is 292 g/mol. The summed E-state index contributed by atoms with van der Waals surface area (Å²) >= 11 is 0. The minimum atomic E-state index is -0.167. The molecule has 0 unspecified atom stereocenters. The zero-order chi connectivity index (χ0) is 16.0. The zero-order valence-corrected chi connectivity index (χ0v) is 12.5. The van der Waals surface area contributed by atoms with E-state index in [0.717, 1.165) is 11.0 Å². The second-order valence-corrected chi connectivity index (χ2v) is 5.41. The highest BCUT2D eigenvalue weighted by Gasteiger charge is 2.14. The van der Waals surface area contributed by atoms with Crippen LogP contribution in [0.5, 0.6) is 5.75 Å². The summed E-state index contributed by atoms with van der Waals surface area (Å²) < 4.78 is 5.53. The Morgan fingerprint density at radius 2 is 2.09 bits per heavy atom. The molecule has 5 nitrogen and oxygen atoms in total. The van der Waals surface area contributed by atoms with Gasteiger partial charge in [-0.3, -0.25) is 4.79 Å². The molecule has 114 valence electrons.